The van der Waals surface area contributed by atoms with Crippen LogP contribution in [0.1, 0.15) is 58.9 Å². The van der Waals surface area contributed by atoms with Crippen LogP contribution >= 0.6 is 0 Å². The molecule has 2 aromatic carbocycles. The van der Waals surface area contributed by atoms with Crippen LogP contribution in [0.2, 0.25) is 0 Å². The highest BCUT2D eigenvalue weighted by Crippen LogP contribution is 2.46. The highest BCUT2D eigenvalue weighted by molar-refractivity contribution is 6.00. The second kappa shape index (κ2) is 7.09. The number of hydrogen-bond acceptors (Lipinski definition) is 4. The molecule has 5 rings (SSSR count). The third-order valence-corrected chi connectivity index (χ3v) is 6.27. The molecule has 1 fully saturated rings. The van der Waals surface area contributed by atoms with Gasteiger partial charge >= 0.3 is 0 Å². The van der Waals surface area contributed by atoms with Gasteiger partial charge in [-0.25, -0.2) is 0 Å². The Morgan fingerprint density at radius 3 is 2.37 bits per heavy atom. The number of nitro groups is 1. The van der Waals surface area contributed by atoms with Crippen LogP contribution in [0.3, 0.4) is 0 Å². The summed E-state index contributed by atoms with van der Waals surface area (Å²) in [6.45, 7) is 2.03. The van der Waals surface area contributed by atoms with Crippen LogP contribution in [0, 0.1) is 17.0 Å². The molecule has 7 heteroatoms. The van der Waals surface area contributed by atoms with Gasteiger partial charge in [-0.3, -0.25) is 20.0 Å². The van der Waals surface area contributed by atoms with E-state index < -0.39 is 4.92 Å². The number of amides is 1. The lowest BCUT2D eigenvalue weighted by Gasteiger charge is -2.31. The number of nitrogens with one attached hydrogen (secondary N) is 1. The van der Waals surface area contributed by atoms with Gasteiger partial charge in [-0.2, -0.15) is 5.10 Å². The Morgan fingerprint density at radius 1 is 1.07 bits per heavy atom. The Labute approximate surface area is 173 Å². The van der Waals surface area contributed by atoms with Crippen molar-refractivity contribution in [2.75, 3.05) is 0 Å². The third kappa shape index (κ3) is 2.89. The Hall–Kier alpha value is -3.48. The lowest BCUT2D eigenvalue weighted by molar-refractivity contribution is -0.384. The van der Waals surface area contributed by atoms with Crippen molar-refractivity contribution in [2.45, 2.75) is 44.7 Å². The largest absolute Gasteiger partial charge is 0.323 e. The molecule has 1 atom stereocenters. The lowest BCUT2D eigenvalue weighted by Crippen LogP contribution is -2.37. The molecule has 7 nitrogen and oxygen atoms in total. The predicted molar refractivity (Wildman–Crippen MR) is 112 cm³/mol. The van der Waals surface area contributed by atoms with Crippen LogP contribution in [0.4, 0.5) is 5.69 Å². The Balaban J connectivity index is 1.65. The second-order valence-corrected chi connectivity index (χ2v) is 8.13. The highest BCUT2D eigenvalue weighted by atomic mass is 16.6. The fourth-order valence-electron chi connectivity index (χ4n) is 4.76. The van der Waals surface area contributed by atoms with Crippen LogP contribution in [0.5, 0.6) is 0 Å². The maximum absolute atomic E-state index is 13.4. The second-order valence-electron chi connectivity index (χ2n) is 8.13. The van der Waals surface area contributed by atoms with Crippen molar-refractivity contribution in [1.82, 2.24) is 15.1 Å². The molecule has 1 amide bonds. The van der Waals surface area contributed by atoms with Gasteiger partial charge in [0.15, 0.2) is 0 Å². The number of aromatic nitrogens is 2. The van der Waals surface area contributed by atoms with E-state index in [2.05, 4.69) is 10.2 Å². The number of fused-ring (bicyclic) bond motifs is 1. The maximum atomic E-state index is 13.4. The topological polar surface area (TPSA) is 92.1 Å². The maximum Gasteiger partial charge on any atom is 0.273 e. The van der Waals surface area contributed by atoms with Crippen LogP contribution in [-0.4, -0.2) is 32.0 Å². The molecule has 30 heavy (non-hydrogen) atoms. The summed E-state index contributed by atoms with van der Waals surface area (Å²) in [4.78, 5) is 26.1. The number of aromatic amines is 1. The van der Waals surface area contributed by atoms with E-state index in [1.54, 1.807) is 12.1 Å². The summed E-state index contributed by atoms with van der Waals surface area (Å²) < 4.78 is 0. The van der Waals surface area contributed by atoms with E-state index >= 15 is 0 Å². The number of hydrogen-bond donors (Lipinski definition) is 1. The number of carbonyl (C=O) groups is 1. The van der Waals surface area contributed by atoms with Crippen molar-refractivity contribution < 1.29 is 9.72 Å². The molecule has 1 saturated carbocycles. The number of aryl methyl sites for hydroxylation is 1. The summed E-state index contributed by atoms with van der Waals surface area (Å²) in [5.41, 5.74) is 5.18. The van der Waals surface area contributed by atoms with Gasteiger partial charge in [-0.15, -0.1) is 0 Å². The summed E-state index contributed by atoms with van der Waals surface area (Å²) in [6.07, 6.45) is 4.18. The Bertz CT molecular complexity index is 1110. The van der Waals surface area contributed by atoms with Gasteiger partial charge in [-0.05, 0) is 37.5 Å². The molecule has 0 spiro atoms. The van der Waals surface area contributed by atoms with Gasteiger partial charge in [0.25, 0.3) is 11.6 Å². The summed E-state index contributed by atoms with van der Waals surface area (Å²) in [7, 11) is 0. The molecule has 2 aliphatic rings. The molecule has 152 valence electrons. The van der Waals surface area contributed by atoms with Gasteiger partial charge in [0.05, 0.1) is 16.7 Å². The molecular weight excluding hydrogens is 380 g/mol. The zero-order valence-corrected chi connectivity index (χ0v) is 16.7. The predicted octanol–water partition coefficient (Wildman–Crippen LogP) is 4.78. The van der Waals surface area contributed by atoms with Crippen molar-refractivity contribution in [3.05, 3.63) is 81.0 Å². The number of benzene rings is 2. The molecule has 0 bridgehead atoms. The Kier molecular flexibility index (Phi) is 4.38. The van der Waals surface area contributed by atoms with Crippen LogP contribution in [-0.2, 0) is 0 Å². The number of rotatable bonds is 4. The van der Waals surface area contributed by atoms with Gasteiger partial charge in [0.1, 0.15) is 5.69 Å². The summed E-state index contributed by atoms with van der Waals surface area (Å²) >= 11 is 0. The number of nitro benzene ring substituents is 1. The number of non-ortho nitro benzene ring substituents is 1. The van der Waals surface area contributed by atoms with Crippen molar-refractivity contribution >= 4 is 11.6 Å². The monoisotopic (exact) mass is 402 g/mol. The van der Waals surface area contributed by atoms with E-state index in [0.717, 1.165) is 53.6 Å². The average Bonchev–Trinajstić information content (AvgIpc) is 3.47. The quantitative estimate of drug-likeness (QED) is 0.502. The minimum atomic E-state index is -0.403. The van der Waals surface area contributed by atoms with Crippen LogP contribution in [0.25, 0.3) is 11.3 Å². The first-order valence-electron chi connectivity index (χ1n) is 10.3. The number of H-pyrrole nitrogens is 1. The molecule has 1 N–H and O–H groups in total. The lowest BCUT2D eigenvalue weighted by atomic mass is 9.95. The first-order chi connectivity index (χ1) is 14.5. The molecule has 0 saturated heterocycles. The fourth-order valence-corrected chi connectivity index (χ4v) is 4.76. The van der Waals surface area contributed by atoms with E-state index in [9.17, 15) is 14.9 Å². The van der Waals surface area contributed by atoms with E-state index in [-0.39, 0.29) is 23.7 Å². The van der Waals surface area contributed by atoms with E-state index in [0.29, 0.717) is 5.69 Å². The minimum absolute atomic E-state index is 0.0360. The molecule has 1 aliphatic carbocycles. The molecule has 0 radical (unpaired) electrons. The summed E-state index contributed by atoms with van der Waals surface area (Å²) in [5, 5.41) is 18.6. The number of nitrogens with zero attached hydrogens (tertiary/aromatic N) is 3. The smallest absolute Gasteiger partial charge is 0.273 e. The first kappa shape index (κ1) is 18.5. The van der Waals surface area contributed by atoms with Crippen molar-refractivity contribution in [2.24, 2.45) is 0 Å². The first-order valence-corrected chi connectivity index (χ1v) is 10.3. The standard InChI is InChI=1S/C23H22N4O3/c1-14-6-8-15(9-7-14)20-19-21(25-24-20)23(28)26(17-4-2-3-5-17)22(19)16-10-12-18(13-11-16)27(29)30/h6-13,17,22H,2-5H2,1H3,(H,24,25). The van der Waals surface area contributed by atoms with Gasteiger partial charge < -0.3 is 4.90 Å². The molecule has 1 unspecified atom stereocenters. The van der Waals surface area contributed by atoms with Gasteiger partial charge in [0.2, 0.25) is 0 Å². The van der Waals surface area contributed by atoms with E-state index in [4.69, 9.17) is 0 Å². The third-order valence-electron chi connectivity index (χ3n) is 6.27. The molecule has 1 aromatic heterocycles. The van der Waals surface area contributed by atoms with E-state index in [1.165, 1.54) is 12.1 Å². The zero-order valence-electron chi connectivity index (χ0n) is 16.7. The van der Waals surface area contributed by atoms with Crippen molar-refractivity contribution in [3.8, 4) is 11.3 Å². The molecule has 1 aliphatic heterocycles. The van der Waals surface area contributed by atoms with Crippen molar-refractivity contribution in [1.29, 1.82) is 0 Å². The van der Waals surface area contributed by atoms with Crippen LogP contribution < -0.4 is 0 Å². The highest BCUT2D eigenvalue weighted by Gasteiger charge is 2.45. The van der Waals surface area contributed by atoms with E-state index in [1.807, 2.05) is 36.1 Å². The zero-order chi connectivity index (χ0) is 20.8. The Morgan fingerprint density at radius 2 is 1.73 bits per heavy atom. The normalized spacial score (nSPS) is 18.8. The minimum Gasteiger partial charge on any atom is -0.323 e. The summed E-state index contributed by atoms with van der Waals surface area (Å²) in [5.74, 6) is -0.0360. The van der Waals surface area contributed by atoms with Gasteiger partial charge in [0, 0.05) is 29.3 Å². The summed E-state index contributed by atoms with van der Waals surface area (Å²) in [6, 6.07) is 14.5. The number of carbonyl (C=O) groups excluding carboxylic acids is 1. The molecule has 3 aromatic rings. The average molecular weight is 402 g/mol. The van der Waals surface area contributed by atoms with Gasteiger partial charge in [-0.1, -0.05) is 42.7 Å². The van der Waals surface area contributed by atoms with Crippen LogP contribution in [0.15, 0.2) is 48.5 Å². The molecular formula is C23H22N4O3. The molecule has 2 heterocycles. The van der Waals surface area contributed by atoms with Crippen molar-refractivity contribution in [3.63, 3.8) is 0 Å². The SMILES string of the molecule is Cc1ccc(-c2n[nH]c3c2C(c2ccc([N+](=O)[O-])cc2)N(C2CCCC2)C3=O)cc1. The fraction of sp³-hybridized carbons (Fsp3) is 0.304.